The molecular formula is C14H18N2O. The molecule has 0 bridgehead atoms. The number of hydrogen-bond acceptors (Lipinski definition) is 2. The fraction of sp³-hybridized carbons (Fsp3) is 0.286. The Bertz CT molecular complexity index is 477. The number of nitrogens with zero attached hydrogens (tertiary/aromatic N) is 1. The van der Waals surface area contributed by atoms with Crippen molar-refractivity contribution in [2.24, 2.45) is 0 Å². The van der Waals surface area contributed by atoms with Crippen molar-refractivity contribution in [3.63, 3.8) is 0 Å². The molecule has 0 atom stereocenters. The van der Waals surface area contributed by atoms with E-state index in [0.717, 1.165) is 18.8 Å². The van der Waals surface area contributed by atoms with Gasteiger partial charge < -0.3 is 14.6 Å². The normalized spacial score (nSPS) is 10.5. The van der Waals surface area contributed by atoms with Crippen LogP contribution in [0.5, 0.6) is 5.75 Å². The molecule has 0 unspecified atom stereocenters. The van der Waals surface area contributed by atoms with Crippen LogP contribution in [-0.2, 0) is 13.1 Å². The molecule has 1 heterocycles. The summed E-state index contributed by atoms with van der Waals surface area (Å²) in [6.07, 6.45) is 4.27. The Balaban J connectivity index is 2.08. The number of benzene rings is 1. The van der Waals surface area contributed by atoms with E-state index in [1.54, 1.807) is 7.11 Å². The van der Waals surface area contributed by atoms with Crippen LogP contribution in [0.15, 0.2) is 42.7 Å². The minimum atomic E-state index is 0.876. The molecule has 0 fully saturated rings. The molecule has 0 aliphatic carbocycles. The van der Waals surface area contributed by atoms with Crippen LogP contribution in [0.2, 0.25) is 0 Å². The third-order valence-corrected chi connectivity index (χ3v) is 2.69. The molecule has 3 nitrogen and oxygen atoms in total. The Morgan fingerprint density at radius 1 is 1.24 bits per heavy atom. The van der Waals surface area contributed by atoms with Gasteiger partial charge in [-0.05, 0) is 36.4 Å². The average molecular weight is 230 g/mol. The Morgan fingerprint density at radius 2 is 2.12 bits per heavy atom. The highest BCUT2D eigenvalue weighted by Gasteiger charge is 1.99. The molecule has 0 aliphatic heterocycles. The monoisotopic (exact) mass is 230 g/mol. The summed E-state index contributed by atoms with van der Waals surface area (Å²) in [5, 5.41) is 3.15. The maximum atomic E-state index is 5.22. The SMILES string of the molecule is CNCc1ccn(Cc2cccc(OC)c2)c1. The first kappa shape index (κ1) is 11.7. The van der Waals surface area contributed by atoms with Crippen LogP contribution in [0.4, 0.5) is 0 Å². The van der Waals surface area contributed by atoms with Crippen molar-refractivity contribution in [3.8, 4) is 5.75 Å². The Labute approximate surface area is 102 Å². The van der Waals surface area contributed by atoms with Crippen molar-refractivity contribution in [1.29, 1.82) is 0 Å². The van der Waals surface area contributed by atoms with E-state index in [4.69, 9.17) is 4.74 Å². The van der Waals surface area contributed by atoms with Crippen molar-refractivity contribution in [2.75, 3.05) is 14.2 Å². The van der Waals surface area contributed by atoms with Gasteiger partial charge in [-0.3, -0.25) is 0 Å². The molecule has 0 saturated heterocycles. The van der Waals surface area contributed by atoms with Crippen LogP contribution in [0.3, 0.4) is 0 Å². The lowest BCUT2D eigenvalue weighted by atomic mass is 10.2. The van der Waals surface area contributed by atoms with Crippen LogP contribution in [0, 0.1) is 0 Å². The smallest absolute Gasteiger partial charge is 0.119 e. The third kappa shape index (κ3) is 3.11. The van der Waals surface area contributed by atoms with Gasteiger partial charge in [0.05, 0.1) is 7.11 Å². The lowest BCUT2D eigenvalue weighted by Gasteiger charge is -2.05. The van der Waals surface area contributed by atoms with Crippen molar-refractivity contribution in [1.82, 2.24) is 9.88 Å². The van der Waals surface area contributed by atoms with Crippen LogP contribution in [0.25, 0.3) is 0 Å². The first-order chi connectivity index (χ1) is 8.31. The van der Waals surface area contributed by atoms with Crippen molar-refractivity contribution in [2.45, 2.75) is 13.1 Å². The van der Waals surface area contributed by atoms with Gasteiger partial charge in [-0.1, -0.05) is 12.1 Å². The number of ether oxygens (including phenoxy) is 1. The highest BCUT2D eigenvalue weighted by Crippen LogP contribution is 2.14. The molecule has 2 aromatic rings. The Kier molecular flexibility index (Phi) is 3.83. The zero-order chi connectivity index (χ0) is 12.1. The molecular weight excluding hydrogens is 212 g/mol. The predicted molar refractivity (Wildman–Crippen MR) is 69.3 cm³/mol. The second-order valence-corrected chi connectivity index (χ2v) is 4.07. The second kappa shape index (κ2) is 5.55. The molecule has 0 aliphatic rings. The minimum Gasteiger partial charge on any atom is -0.497 e. The van der Waals surface area contributed by atoms with Gasteiger partial charge in [0.15, 0.2) is 0 Å². The van der Waals surface area contributed by atoms with E-state index >= 15 is 0 Å². The van der Waals surface area contributed by atoms with Crippen LogP contribution in [0.1, 0.15) is 11.1 Å². The van der Waals surface area contributed by atoms with Gasteiger partial charge >= 0.3 is 0 Å². The zero-order valence-corrected chi connectivity index (χ0v) is 10.3. The molecule has 1 N–H and O–H groups in total. The van der Waals surface area contributed by atoms with Gasteiger partial charge in [0.25, 0.3) is 0 Å². The van der Waals surface area contributed by atoms with Gasteiger partial charge in [-0.15, -0.1) is 0 Å². The highest BCUT2D eigenvalue weighted by molar-refractivity contribution is 5.28. The molecule has 17 heavy (non-hydrogen) atoms. The summed E-state index contributed by atoms with van der Waals surface area (Å²) in [6.45, 7) is 1.78. The fourth-order valence-corrected chi connectivity index (χ4v) is 1.88. The van der Waals surface area contributed by atoms with Crippen molar-refractivity contribution < 1.29 is 4.74 Å². The fourth-order valence-electron chi connectivity index (χ4n) is 1.88. The molecule has 0 amide bonds. The van der Waals surface area contributed by atoms with E-state index in [-0.39, 0.29) is 0 Å². The van der Waals surface area contributed by atoms with Gasteiger partial charge in [0.1, 0.15) is 5.75 Å². The standard InChI is InChI=1S/C14H18N2O/c1-15-9-13-6-7-16(11-13)10-12-4-3-5-14(8-12)17-2/h3-8,11,15H,9-10H2,1-2H3. The van der Waals surface area contributed by atoms with Gasteiger partial charge in [-0.2, -0.15) is 0 Å². The van der Waals surface area contributed by atoms with E-state index in [2.05, 4.69) is 40.5 Å². The summed E-state index contributed by atoms with van der Waals surface area (Å²) < 4.78 is 7.40. The number of aromatic nitrogens is 1. The highest BCUT2D eigenvalue weighted by atomic mass is 16.5. The summed E-state index contributed by atoms with van der Waals surface area (Å²) in [6, 6.07) is 10.3. The van der Waals surface area contributed by atoms with E-state index in [1.807, 2.05) is 19.2 Å². The molecule has 90 valence electrons. The number of hydrogen-bond donors (Lipinski definition) is 1. The van der Waals surface area contributed by atoms with Gasteiger partial charge in [-0.25, -0.2) is 0 Å². The average Bonchev–Trinajstić information content (AvgIpc) is 2.77. The van der Waals surface area contributed by atoms with Gasteiger partial charge in [0.2, 0.25) is 0 Å². The summed E-state index contributed by atoms with van der Waals surface area (Å²) in [5.41, 5.74) is 2.55. The predicted octanol–water partition coefficient (Wildman–Crippen LogP) is 2.26. The van der Waals surface area contributed by atoms with E-state index in [0.29, 0.717) is 0 Å². The van der Waals surface area contributed by atoms with E-state index in [1.165, 1.54) is 11.1 Å². The summed E-state index contributed by atoms with van der Waals surface area (Å²) in [4.78, 5) is 0. The van der Waals surface area contributed by atoms with E-state index in [9.17, 15) is 0 Å². The molecule has 0 radical (unpaired) electrons. The largest absolute Gasteiger partial charge is 0.497 e. The molecule has 0 saturated carbocycles. The second-order valence-electron chi connectivity index (χ2n) is 4.07. The molecule has 1 aromatic heterocycles. The summed E-state index contributed by atoms with van der Waals surface area (Å²) in [7, 11) is 3.65. The molecule has 1 aromatic carbocycles. The number of methoxy groups -OCH3 is 1. The molecule has 0 spiro atoms. The van der Waals surface area contributed by atoms with Crippen LogP contribution in [-0.4, -0.2) is 18.7 Å². The first-order valence-corrected chi connectivity index (χ1v) is 5.74. The minimum absolute atomic E-state index is 0.876. The maximum Gasteiger partial charge on any atom is 0.119 e. The summed E-state index contributed by atoms with van der Waals surface area (Å²) in [5.74, 6) is 0.908. The third-order valence-electron chi connectivity index (χ3n) is 2.69. The Hall–Kier alpha value is -1.74. The lowest BCUT2D eigenvalue weighted by Crippen LogP contribution is -2.04. The number of rotatable bonds is 5. The van der Waals surface area contributed by atoms with Crippen molar-refractivity contribution >= 4 is 0 Å². The lowest BCUT2D eigenvalue weighted by molar-refractivity contribution is 0.414. The molecule has 2 rings (SSSR count). The van der Waals surface area contributed by atoms with E-state index < -0.39 is 0 Å². The zero-order valence-electron chi connectivity index (χ0n) is 10.3. The topological polar surface area (TPSA) is 26.2 Å². The first-order valence-electron chi connectivity index (χ1n) is 5.74. The van der Waals surface area contributed by atoms with Crippen LogP contribution < -0.4 is 10.1 Å². The molecule has 3 heteroatoms. The van der Waals surface area contributed by atoms with Crippen LogP contribution >= 0.6 is 0 Å². The Morgan fingerprint density at radius 3 is 2.88 bits per heavy atom. The number of nitrogens with one attached hydrogen (secondary N) is 1. The maximum absolute atomic E-state index is 5.22. The van der Waals surface area contributed by atoms with Gasteiger partial charge in [0, 0.05) is 25.5 Å². The quantitative estimate of drug-likeness (QED) is 0.852. The summed E-state index contributed by atoms with van der Waals surface area (Å²) >= 11 is 0. The van der Waals surface area contributed by atoms with Crippen molar-refractivity contribution in [3.05, 3.63) is 53.9 Å².